The van der Waals surface area contributed by atoms with Crippen molar-refractivity contribution in [1.29, 1.82) is 0 Å². The molecule has 5 fully saturated rings. The summed E-state index contributed by atoms with van der Waals surface area (Å²) in [6, 6.07) is -6.89. The lowest BCUT2D eigenvalue weighted by Crippen LogP contribution is -2.62. The van der Waals surface area contributed by atoms with Crippen LogP contribution in [-0.4, -0.2) is 252 Å². The van der Waals surface area contributed by atoms with Crippen molar-refractivity contribution in [2.45, 2.75) is 231 Å². The number of hydrogen-bond acceptors (Lipinski definition) is 12. The number of piperidine rings is 1. The largest absolute Gasteiger partial charge is 0.417 e. The predicted octanol–water partition coefficient (Wildman–Crippen LogP) is 6.14. The Hall–Kier alpha value is -7.06. The number of hydrogen-bond donors (Lipinski definition) is 3. The molecule has 3 heterocycles. The smallest absolute Gasteiger partial charge is 0.343 e. The highest BCUT2D eigenvalue weighted by atomic mass is 35.5. The van der Waals surface area contributed by atoms with Gasteiger partial charge in [0.2, 0.25) is 70.9 Å². The third kappa shape index (κ3) is 21.5. The molecule has 3 N–H and O–H groups in total. The van der Waals surface area contributed by atoms with E-state index in [1.165, 1.54) is 79.9 Å². The first-order valence-corrected chi connectivity index (χ1v) is 36.6. The van der Waals surface area contributed by atoms with Crippen LogP contribution in [-0.2, 0) is 70.1 Å². The molecule has 3 saturated heterocycles. The van der Waals surface area contributed by atoms with Gasteiger partial charge in [0.05, 0.1) is 36.6 Å². The first-order chi connectivity index (χ1) is 47.1. The fourth-order valence-electron chi connectivity index (χ4n) is 14.8. The van der Waals surface area contributed by atoms with Gasteiger partial charge in [0, 0.05) is 69.0 Å². The highest BCUT2D eigenvalue weighted by molar-refractivity contribution is 6.31. The third-order valence-corrected chi connectivity index (χ3v) is 21.7. The maximum Gasteiger partial charge on any atom is 0.417 e. The quantitative estimate of drug-likeness (QED) is 0.213. The second-order valence-corrected chi connectivity index (χ2v) is 30.1. The number of aryl methyl sites for hydroxylation is 1. The minimum absolute atomic E-state index is 0.0173. The summed E-state index contributed by atoms with van der Waals surface area (Å²) in [5.41, 5.74) is -0.779. The lowest BCUT2D eigenvalue weighted by Gasteiger charge is -2.42. The van der Waals surface area contributed by atoms with Crippen LogP contribution in [0.3, 0.4) is 0 Å². The normalized spacial score (nSPS) is 26.6. The monoisotopic (exact) mass is 1430 g/mol. The number of likely N-dealkylation sites (tertiary alicyclic amines) is 1. The van der Waals surface area contributed by atoms with Crippen LogP contribution in [0.1, 0.15) is 181 Å². The van der Waals surface area contributed by atoms with Crippen LogP contribution in [0.2, 0.25) is 5.02 Å². The number of rotatable bonds is 12. The number of alkyl halides is 3. The van der Waals surface area contributed by atoms with Crippen molar-refractivity contribution in [3.63, 3.8) is 0 Å². The number of carbonyl (C=O) groups excluding carboxylic acids is 12. The van der Waals surface area contributed by atoms with Crippen LogP contribution in [0.25, 0.3) is 0 Å². The van der Waals surface area contributed by atoms with Crippen LogP contribution >= 0.6 is 11.6 Å². The zero-order valence-electron chi connectivity index (χ0n) is 61.3. The van der Waals surface area contributed by atoms with Crippen molar-refractivity contribution < 1.29 is 70.7 Å². The van der Waals surface area contributed by atoms with Crippen molar-refractivity contribution in [2.24, 2.45) is 29.6 Å². The molecule has 0 aromatic heterocycles. The Bertz CT molecular complexity index is 3070. The summed E-state index contributed by atoms with van der Waals surface area (Å²) < 4.78 is 41.6. The van der Waals surface area contributed by atoms with Gasteiger partial charge in [-0.05, 0) is 118 Å². The molecule has 12 amide bonds. The molecule has 24 nitrogen and oxygen atoms in total. The molecule has 1 aromatic carbocycles. The summed E-state index contributed by atoms with van der Waals surface area (Å²) in [6.45, 7) is 9.85. The minimum Gasteiger partial charge on any atom is -0.343 e. The number of nitrogens with one attached hydrogen (secondary N) is 3. The van der Waals surface area contributed by atoms with E-state index in [2.05, 4.69) is 16.0 Å². The average Bonchev–Trinajstić information content (AvgIpc) is 1.02. The van der Waals surface area contributed by atoms with Gasteiger partial charge in [-0.25, -0.2) is 0 Å². The van der Waals surface area contributed by atoms with Crippen LogP contribution in [0.5, 0.6) is 0 Å². The molecule has 2 saturated carbocycles. The van der Waals surface area contributed by atoms with E-state index in [0.717, 1.165) is 84.6 Å². The van der Waals surface area contributed by atoms with E-state index in [9.17, 15) is 46.7 Å². The zero-order chi connectivity index (χ0) is 74.2. The number of nitrogens with zero attached hydrogens (tertiary/aromatic N) is 9. The number of halogens is 4. The molecule has 3 aliphatic heterocycles. The van der Waals surface area contributed by atoms with Crippen LogP contribution in [0.15, 0.2) is 18.2 Å². The number of fused-ring (bicyclic) bond motifs is 1. The van der Waals surface area contributed by atoms with Gasteiger partial charge in [-0.15, -0.1) is 0 Å². The first kappa shape index (κ1) is 81.9. The molecule has 0 bridgehead atoms. The van der Waals surface area contributed by atoms with E-state index in [4.69, 9.17) is 11.6 Å². The van der Waals surface area contributed by atoms with Gasteiger partial charge in [0.1, 0.15) is 48.3 Å². The fraction of sp³-hybridized carbons (Fsp3) is 0.750. The number of benzene rings is 1. The van der Waals surface area contributed by atoms with Gasteiger partial charge >= 0.3 is 6.18 Å². The van der Waals surface area contributed by atoms with Gasteiger partial charge in [-0.1, -0.05) is 117 Å². The van der Waals surface area contributed by atoms with Crippen LogP contribution < -0.4 is 16.0 Å². The molecule has 1 aromatic rings. The number of likely N-dealkylation sites (N-methyl/N-ethyl adjacent to an activating group) is 7. The lowest BCUT2D eigenvalue weighted by molar-refractivity contribution is -0.156. The summed E-state index contributed by atoms with van der Waals surface area (Å²) >= 11 is 6.15. The third-order valence-electron chi connectivity index (χ3n) is 21.4. The highest BCUT2D eigenvalue weighted by Gasteiger charge is 2.47. The molecular formula is C72H112ClF3N12O12. The SMILES string of the molecule is CC[C@H](C)[C@@H]1NC(=O)[C@H](CC(C)C)N(C)C(=O)C[C@@H](C(=O)N2CCCCC2)N(C)C(=O)[C@H](C2CCCCC2)N(C)C(=O)[C@@H](C(C)C)NC(=O)[C@@H]2CCCN2C(=O)[C@H](CCc2ccc(C(F)(F)F)c(Cl)c2)NC(=O)CN(C)C(=O)[C@H](CC2CCCCC2)N(C)C(=O)CN(C)C(=O)CN(C)C1=O. The second kappa shape index (κ2) is 37.2. The Labute approximate surface area is 594 Å². The molecule has 6 rings (SSSR count). The van der Waals surface area contributed by atoms with Gasteiger partial charge in [-0.2, -0.15) is 13.2 Å². The van der Waals surface area contributed by atoms with Crippen molar-refractivity contribution in [3.05, 3.63) is 34.3 Å². The number of carbonyl (C=O) groups is 12. The van der Waals surface area contributed by atoms with Gasteiger partial charge in [0.25, 0.3) is 0 Å². The Balaban J connectivity index is 1.43. The molecule has 560 valence electrons. The average molecular weight is 1430 g/mol. The maximum absolute atomic E-state index is 15.7. The van der Waals surface area contributed by atoms with E-state index in [1.807, 2.05) is 20.8 Å². The molecule has 0 radical (unpaired) electrons. The van der Waals surface area contributed by atoms with Crippen LogP contribution in [0.4, 0.5) is 13.2 Å². The van der Waals surface area contributed by atoms with Gasteiger partial charge in [-0.3, -0.25) is 57.5 Å². The summed E-state index contributed by atoms with van der Waals surface area (Å²) in [7, 11) is 9.94. The standard InChI is InChI=1S/C72H112ClF3N12O12/c1-14-46(6)62-69(98)82(9)42-59(91)80(7)43-60(92)84(11)55(39-47-25-18-15-19-26-47)67(96)81(8)41-57(89)77-52(33-31-48-30-32-50(51(73)38-48)72(74,75)76)66(95)88-36-24-29-53(88)64(93)78-61(45(4)5)70(99)86(13)63(49-27-20-16-21-28-49)71(100)85(12)56(68(97)87-34-22-17-23-35-87)40-58(90)83(10)54(37-44(2)3)65(94)79-62/h30,32,38,44-47,49,52-56,61-63H,14-29,31,33-37,39-43H2,1-13H3,(H,77,89)(H,78,93)(H,79,94)/t46-,52-,53-,54-,55-,56-,61+,62-,63-/m0/s1. The van der Waals surface area contributed by atoms with Gasteiger partial charge < -0.3 is 60.0 Å². The predicted molar refractivity (Wildman–Crippen MR) is 371 cm³/mol. The Morgan fingerprint density at radius 1 is 0.580 bits per heavy atom. The van der Waals surface area contributed by atoms with Crippen molar-refractivity contribution in [1.82, 2.24) is 60.0 Å². The van der Waals surface area contributed by atoms with E-state index >= 15 is 24.0 Å². The van der Waals surface area contributed by atoms with Crippen molar-refractivity contribution in [3.8, 4) is 0 Å². The molecule has 9 atom stereocenters. The minimum atomic E-state index is -4.76. The number of amides is 12. The molecule has 0 unspecified atom stereocenters. The van der Waals surface area contributed by atoms with E-state index < -0.39 is 180 Å². The van der Waals surface area contributed by atoms with Crippen molar-refractivity contribution in [2.75, 3.05) is 88.6 Å². The Kier molecular flexibility index (Phi) is 30.5. The zero-order valence-corrected chi connectivity index (χ0v) is 62.0. The second-order valence-electron chi connectivity index (χ2n) is 29.7. The molecular weight excluding hydrogens is 1320 g/mol. The molecule has 5 aliphatic rings. The maximum atomic E-state index is 15.7. The van der Waals surface area contributed by atoms with Gasteiger partial charge in [0.15, 0.2) is 0 Å². The highest BCUT2D eigenvalue weighted by Crippen LogP contribution is 2.37. The Morgan fingerprint density at radius 2 is 1.16 bits per heavy atom. The molecule has 100 heavy (non-hydrogen) atoms. The van der Waals surface area contributed by atoms with E-state index in [0.29, 0.717) is 57.2 Å². The summed E-state index contributed by atoms with van der Waals surface area (Å²) in [4.78, 5) is 190. The molecule has 28 heteroatoms. The topological polar surface area (TPSA) is 270 Å². The van der Waals surface area contributed by atoms with E-state index in [1.54, 1.807) is 25.7 Å². The van der Waals surface area contributed by atoms with Crippen LogP contribution in [0, 0.1) is 29.6 Å². The molecule has 0 spiro atoms. The summed E-state index contributed by atoms with van der Waals surface area (Å²) in [6.07, 6.45) is 5.57. The Morgan fingerprint density at radius 3 is 1.75 bits per heavy atom. The lowest BCUT2D eigenvalue weighted by atomic mass is 9.82. The summed E-state index contributed by atoms with van der Waals surface area (Å²) in [5.74, 6) is -9.53. The molecule has 2 aliphatic carbocycles. The van der Waals surface area contributed by atoms with E-state index in [-0.39, 0.29) is 50.5 Å². The fourth-order valence-corrected chi connectivity index (χ4v) is 15.1. The summed E-state index contributed by atoms with van der Waals surface area (Å²) in [5, 5.41) is 7.99. The first-order valence-electron chi connectivity index (χ1n) is 36.2. The van der Waals surface area contributed by atoms with Crippen molar-refractivity contribution >= 4 is 82.5 Å².